The number of piperazine rings is 1. The van der Waals surface area contributed by atoms with Gasteiger partial charge in [-0.2, -0.15) is 0 Å². The first-order chi connectivity index (χ1) is 14.1. The minimum Gasteiger partial charge on any atom is -0.338 e. The Morgan fingerprint density at radius 3 is 2.55 bits per heavy atom. The topological polar surface area (TPSA) is 68.4 Å². The number of benzene rings is 2. The van der Waals surface area contributed by atoms with E-state index in [0.717, 1.165) is 48.2 Å². The number of hydrogen-bond acceptors (Lipinski definition) is 4. The zero-order chi connectivity index (χ0) is 20.2. The van der Waals surface area contributed by atoms with E-state index in [9.17, 15) is 9.59 Å². The highest BCUT2D eigenvalue weighted by atomic mass is 16.2. The van der Waals surface area contributed by atoms with E-state index in [1.165, 1.54) is 6.07 Å². The molecule has 3 aromatic rings. The molecule has 1 amide bonds. The molecule has 1 atom stereocenters. The molecule has 0 spiro atoms. The van der Waals surface area contributed by atoms with E-state index in [1.54, 1.807) is 0 Å². The Hall–Kier alpha value is -2.96. The number of rotatable bonds is 5. The Labute approximate surface area is 170 Å². The maximum atomic E-state index is 13.3. The van der Waals surface area contributed by atoms with Crippen LogP contribution in [-0.4, -0.2) is 53.9 Å². The largest absolute Gasteiger partial charge is 0.338 e. The molecular formula is C23H26N4O2. The fraction of sp³-hybridized carbons (Fsp3) is 0.304. The van der Waals surface area contributed by atoms with Crippen LogP contribution in [0.15, 0.2) is 65.5 Å². The first-order valence-electron chi connectivity index (χ1n) is 9.98. The Morgan fingerprint density at radius 1 is 1.03 bits per heavy atom. The summed E-state index contributed by atoms with van der Waals surface area (Å²) < 4.78 is 0. The van der Waals surface area contributed by atoms with Crippen LogP contribution in [-0.2, 0) is 11.3 Å². The molecule has 0 radical (unpaired) electrons. The van der Waals surface area contributed by atoms with Crippen molar-refractivity contribution in [3.63, 3.8) is 0 Å². The van der Waals surface area contributed by atoms with Gasteiger partial charge >= 0.3 is 0 Å². The van der Waals surface area contributed by atoms with Crippen LogP contribution in [0.3, 0.4) is 0 Å². The SMILES string of the molecule is CN1CCN(C(=O)[C@H](NCc2ccc3[nH]c(=O)ccc3c2)c2ccccc2)CC1. The monoisotopic (exact) mass is 390 g/mol. The molecule has 2 N–H and O–H groups in total. The molecule has 1 aliphatic heterocycles. The van der Waals surface area contributed by atoms with Crippen LogP contribution in [0, 0.1) is 0 Å². The van der Waals surface area contributed by atoms with Crippen molar-refractivity contribution in [2.24, 2.45) is 0 Å². The molecule has 2 heterocycles. The van der Waals surface area contributed by atoms with Gasteiger partial charge in [0.25, 0.3) is 0 Å². The Bertz CT molecular complexity index is 1040. The summed E-state index contributed by atoms with van der Waals surface area (Å²) in [5.74, 6) is 0.120. The highest BCUT2D eigenvalue weighted by molar-refractivity contribution is 5.83. The molecule has 0 unspecified atom stereocenters. The maximum absolute atomic E-state index is 13.3. The molecule has 1 aromatic heterocycles. The van der Waals surface area contributed by atoms with Gasteiger partial charge in [0.05, 0.1) is 0 Å². The number of likely N-dealkylation sites (N-methyl/N-ethyl adjacent to an activating group) is 1. The summed E-state index contributed by atoms with van der Waals surface area (Å²) in [6.07, 6.45) is 0. The molecule has 1 aliphatic rings. The molecule has 1 saturated heterocycles. The summed E-state index contributed by atoms with van der Waals surface area (Å²) in [5, 5.41) is 4.44. The third-order valence-corrected chi connectivity index (χ3v) is 5.49. The summed E-state index contributed by atoms with van der Waals surface area (Å²) in [4.78, 5) is 31.8. The number of aromatic nitrogens is 1. The van der Waals surface area contributed by atoms with Crippen molar-refractivity contribution in [2.75, 3.05) is 33.2 Å². The molecule has 2 aromatic carbocycles. The summed E-state index contributed by atoms with van der Waals surface area (Å²) >= 11 is 0. The lowest BCUT2D eigenvalue weighted by Gasteiger charge is -2.35. The van der Waals surface area contributed by atoms with Gasteiger partial charge in [-0.25, -0.2) is 0 Å². The van der Waals surface area contributed by atoms with Gasteiger partial charge in [0.1, 0.15) is 6.04 Å². The van der Waals surface area contributed by atoms with Crippen molar-refractivity contribution in [1.29, 1.82) is 0 Å². The van der Waals surface area contributed by atoms with E-state index in [-0.39, 0.29) is 17.5 Å². The molecule has 4 rings (SSSR count). The van der Waals surface area contributed by atoms with Crippen LogP contribution < -0.4 is 10.9 Å². The van der Waals surface area contributed by atoms with Crippen molar-refractivity contribution < 1.29 is 4.79 Å². The van der Waals surface area contributed by atoms with Crippen molar-refractivity contribution in [2.45, 2.75) is 12.6 Å². The number of nitrogens with one attached hydrogen (secondary N) is 2. The number of nitrogens with zero attached hydrogens (tertiary/aromatic N) is 2. The van der Waals surface area contributed by atoms with E-state index >= 15 is 0 Å². The maximum Gasteiger partial charge on any atom is 0.248 e. The predicted octanol–water partition coefficient (Wildman–Crippen LogP) is 2.13. The number of amides is 1. The average molecular weight is 390 g/mol. The first kappa shape index (κ1) is 19.4. The number of H-pyrrole nitrogens is 1. The van der Waals surface area contributed by atoms with Crippen molar-refractivity contribution in [3.05, 3.63) is 82.1 Å². The van der Waals surface area contributed by atoms with E-state index in [1.807, 2.05) is 59.5 Å². The van der Waals surface area contributed by atoms with Crippen LogP contribution >= 0.6 is 0 Å². The Morgan fingerprint density at radius 2 is 1.79 bits per heavy atom. The minimum atomic E-state index is -0.383. The van der Waals surface area contributed by atoms with Gasteiger partial charge < -0.3 is 14.8 Å². The standard InChI is InChI=1S/C23H26N4O2/c1-26-11-13-27(14-12-26)23(29)22(18-5-3-2-4-6-18)24-16-17-7-9-20-19(15-17)8-10-21(28)25-20/h2-10,15,22,24H,11-14,16H2,1H3,(H,25,28)/t22-/m1/s1. The molecule has 6 heteroatoms. The molecule has 0 saturated carbocycles. The zero-order valence-electron chi connectivity index (χ0n) is 16.6. The summed E-state index contributed by atoms with van der Waals surface area (Å²) in [5.41, 5.74) is 2.75. The smallest absolute Gasteiger partial charge is 0.248 e. The molecule has 29 heavy (non-hydrogen) atoms. The lowest BCUT2D eigenvalue weighted by molar-refractivity contribution is -0.135. The lowest BCUT2D eigenvalue weighted by Crippen LogP contribution is -2.50. The van der Waals surface area contributed by atoms with Crippen LogP contribution in [0.4, 0.5) is 0 Å². The highest BCUT2D eigenvalue weighted by Crippen LogP contribution is 2.19. The molecule has 0 aliphatic carbocycles. The number of fused-ring (bicyclic) bond motifs is 1. The number of hydrogen-bond donors (Lipinski definition) is 2. The van der Waals surface area contributed by atoms with Crippen LogP contribution in [0.1, 0.15) is 17.2 Å². The number of aromatic amines is 1. The molecule has 0 bridgehead atoms. The van der Waals surface area contributed by atoms with E-state index in [0.29, 0.717) is 6.54 Å². The first-order valence-corrected chi connectivity index (χ1v) is 9.98. The Kier molecular flexibility index (Phi) is 5.74. The summed E-state index contributed by atoms with van der Waals surface area (Å²) in [6, 6.07) is 18.8. The highest BCUT2D eigenvalue weighted by Gasteiger charge is 2.27. The van der Waals surface area contributed by atoms with Gasteiger partial charge in [-0.1, -0.05) is 36.4 Å². The van der Waals surface area contributed by atoms with Gasteiger partial charge in [0.15, 0.2) is 0 Å². The van der Waals surface area contributed by atoms with Crippen LogP contribution in [0.25, 0.3) is 10.9 Å². The molecule has 150 valence electrons. The number of pyridine rings is 1. The molecule has 6 nitrogen and oxygen atoms in total. The van der Waals surface area contributed by atoms with Crippen LogP contribution in [0.5, 0.6) is 0 Å². The van der Waals surface area contributed by atoms with Gasteiger partial charge in [0.2, 0.25) is 11.5 Å². The van der Waals surface area contributed by atoms with Crippen LogP contribution in [0.2, 0.25) is 0 Å². The fourth-order valence-corrected chi connectivity index (χ4v) is 3.74. The summed E-state index contributed by atoms with van der Waals surface area (Å²) in [6.45, 7) is 3.87. The second-order valence-electron chi connectivity index (χ2n) is 7.60. The Balaban J connectivity index is 1.53. The van der Waals surface area contributed by atoms with Crippen molar-refractivity contribution in [3.8, 4) is 0 Å². The quantitative estimate of drug-likeness (QED) is 0.700. The molecular weight excluding hydrogens is 364 g/mol. The van der Waals surface area contributed by atoms with Gasteiger partial charge in [0, 0.05) is 44.3 Å². The third-order valence-electron chi connectivity index (χ3n) is 5.49. The van der Waals surface area contributed by atoms with E-state index < -0.39 is 0 Å². The average Bonchev–Trinajstić information content (AvgIpc) is 2.75. The number of carbonyl (C=O) groups is 1. The fourth-order valence-electron chi connectivity index (χ4n) is 3.74. The van der Waals surface area contributed by atoms with Crippen molar-refractivity contribution in [1.82, 2.24) is 20.1 Å². The number of carbonyl (C=O) groups excluding carboxylic acids is 1. The minimum absolute atomic E-state index is 0.106. The molecule has 1 fully saturated rings. The second kappa shape index (κ2) is 8.59. The summed E-state index contributed by atoms with van der Waals surface area (Å²) in [7, 11) is 2.09. The van der Waals surface area contributed by atoms with Gasteiger partial charge in [-0.3, -0.25) is 14.9 Å². The van der Waals surface area contributed by atoms with E-state index in [2.05, 4.69) is 22.2 Å². The third kappa shape index (κ3) is 4.55. The predicted molar refractivity (Wildman–Crippen MR) is 115 cm³/mol. The lowest BCUT2D eigenvalue weighted by atomic mass is 10.0. The van der Waals surface area contributed by atoms with Crippen molar-refractivity contribution >= 4 is 16.8 Å². The van der Waals surface area contributed by atoms with Gasteiger partial charge in [-0.05, 0) is 41.8 Å². The van der Waals surface area contributed by atoms with Gasteiger partial charge in [-0.15, -0.1) is 0 Å². The van der Waals surface area contributed by atoms with E-state index in [4.69, 9.17) is 0 Å². The normalized spacial score (nSPS) is 16.1. The second-order valence-corrected chi connectivity index (χ2v) is 7.60. The zero-order valence-corrected chi connectivity index (χ0v) is 16.6.